The monoisotopic (exact) mass is 259 g/mol. The highest BCUT2D eigenvalue weighted by Crippen LogP contribution is 2.24. The zero-order chi connectivity index (χ0) is 13.7. The molecule has 0 spiro atoms. The predicted molar refractivity (Wildman–Crippen MR) is 74.8 cm³/mol. The standard InChI is InChI=1S/C14H21N5/c1-4-7-16-14(13-10-17-18-19(13)3)12-6-8-15-9-11(12)5-2/h6,8-10,14,16H,4-5,7H2,1-3H3. The first kappa shape index (κ1) is 13.7. The molecule has 2 aromatic rings. The van der Waals surface area contributed by atoms with Crippen LogP contribution in [0, 0.1) is 0 Å². The lowest BCUT2D eigenvalue weighted by molar-refractivity contribution is 0.547. The molecule has 5 heteroatoms. The van der Waals surface area contributed by atoms with E-state index in [1.54, 1.807) is 0 Å². The molecule has 0 radical (unpaired) electrons. The maximum atomic E-state index is 4.22. The second kappa shape index (κ2) is 6.43. The number of nitrogens with one attached hydrogen (secondary N) is 1. The quantitative estimate of drug-likeness (QED) is 0.860. The lowest BCUT2D eigenvalue weighted by Gasteiger charge is -2.21. The third kappa shape index (κ3) is 2.98. The van der Waals surface area contributed by atoms with Crippen molar-refractivity contribution >= 4 is 0 Å². The van der Waals surface area contributed by atoms with Crippen LogP contribution in [-0.4, -0.2) is 26.5 Å². The topological polar surface area (TPSA) is 55.6 Å². The van der Waals surface area contributed by atoms with E-state index in [2.05, 4.69) is 40.5 Å². The van der Waals surface area contributed by atoms with Gasteiger partial charge in [-0.2, -0.15) is 0 Å². The van der Waals surface area contributed by atoms with Crippen LogP contribution in [0.25, 0.3) is 0 Å². The van der Waals surface area contributed by atoms with E-state index in [0.717, 1.165) is 25.1 Å². The van der Waals surface area contributed by atoms with Gasteiger partial charge in [0.1, 0.15) is 0 Å². The number of hydrogen-bond acceptors (Lipinski definition) is 4. The highest BCUT2D eigenvalue weighted by molar-refractivity contribution is 5.32. The van der Waals surface area contributed by atoms with Crippen LogP contribution >= 0.6 is 0 Å². The summed E-state index contributed by atoms with van der Waals surface area (Å²) < 4.78 is 1.83. The van der Waals surface area contributed by atoms with E-state index in [9.17, 15) is 0 Å². The summed E-state index contributed by atoms with van der Waals surface area (Å²) >= 11 is 0. The van der Waals surface area contributed by atoms with Crippen molar-refractivity contribution in [3.05, 3.63) is 41.5 Å². The van der Waals surface area contributed by atoms with Crippen LogP contribution in [0.5, 0.6) is 0 Å². The van der Waals surface area contributed by atoms with Crippen molar-refractivity contribution in [1.82, 2.24) is 25.3 Å². The molecular weight excluding hydrogens is 238 g/mol. The minimum absolute atomic E-state index is 0.123. The summed E-state index contributed by atoms with van der Waals surface area (Å²) in [5, 5.41) is 11.6. The fraction of sp³-hybridized carbons (Fsp3) is 0.500. The van der Waals surface area contributed by atoms with Gasteiger partial charge in [0.05, 0.1) is 17.9 Å². The van der Waals surface area contributed by atoms with E-state index in [4.69, 9.17) is 0 Å². The fourth-order valence-corrected chi connectivity index (χ4v) is 2.24. The highest BCUT2D eigenvalue weighted by atomic mass is 15.4. The zero-order valence-corrected chi connectivity index (χ0v) is 11.8. The fourth-order valence-electron chi connectivity index (χ4n) is 2.24. The summed E-state index contributed by atoms with van der Waals surface area (Å²) in [4.78, 5) is 4.22. The third-order valence-corrected chi connectivity index (χ3v) is 3.28. The highest BCUT2D eigenvalue weighted by Gasteiger charge is 2.19. The summed E-state index contributed by atoms with van der Waals surface area (Å²) in [7, 11) is 1.93. The first-order valence-corrected chi connectivity index (χ1v) is 6.78. The van der Waals surface area contributed by atoms with E-state index in [-0.39, 0.29) is 6.04 Å². The van der Waals surface area contributed by atoms with Gasteiger partial charge in [0.2, 0.25) is 0 Å². The first-order valence-electron chi connectivity index (χ1n) is 6.78. The van der Waals surface area contributed by atoms with Crippen LogP contribution in [0.1, 0.15) is 43.1 Å². The molecule has 0 bridgehead atoms. The van der Waals surface area contributed by atoms with Crippen molar-refractivity contribution in [1.29, 1.82) is 0 Å². The number of pyridine rings is 1. The number of aromatic nitrogens is 4. The summed E-state index contributed by atoms with van der Waals surface area (Å²) in [6, 6.07) is 2.21. The lowest BCUT2D eigenvalue weighted by Crippen LogP contribution is -2.26. The molecule has 102 valence electrons. The second-order valence-electron chi connectivity index (χ2n) is 4.60. The summed E-state index contributed by atoms with van der Waals surface area (Å²) in [5.74, 6) is 0. The lowest BCUT2D eigenvalue weighted by atomic mass is 9.98. The molecule has 0 aliphatic carbocycles. The molecular formula is C14H21N5. The molecule has 2 aromatic heterocycles. The van der Waals surface area contributed by atoms with Crippen LogP contribution in [0.2, 0.25) is 0 Å². The molecule has 5 nitrogen and oxygen atoms in total. The van der Waals surface area contributed by atoms with Gasteiger partial charge in [-0.3, -0.25) is 9.67 Å². The van der Waals surface area contributed by atoms with E-state index >= 15 is 0 Å². The molecule has 0 saturated carbocycles. The van der Waals surface area contributed by atoms with E-state index in [1.165, 1.54) is 11.1 Å². The molecule has 2 rings (SSSR count). The molecule has 0 amide bonds. The van der Waals surface area contributed by atoms with Crippen molar-refractivity contribution in [2.45, 2.75) is 32.7 Å². The minimum Gasteiger partial charge on any atom is -0.305 e. The van der Waals surface area contributed by atoms with Crippen LogP contribution in [0.4, 0.5) is 0 Å². The van der Waals surface area contributed by atoms with Gasteiger partial charge < -0.3 is 5.32 Å². The van der Waals surface area contributed by atoms with Crippen LogP contribution < -0.4 is 5.32 Å². The predicted octanol–water partition coefficient (Wildman–Crippen LogP) is 1.86. The Morgan fingerprint density at radius 2 is 2.16 bits per heavy atom. The number of rotatable bonds is 6. The van der Waals surface area contributed by atoms with E-state index in [1.807, 2.05) is 30.3 Å². The van der Waals surface area contributed by atoms with Crippen molar-refractivity contribution in [2.24, 2.45) is 7.05 Å². The van der Waals surface area contributed by atoms with E-state index in [0.29, 0.717) is 0 Å². The molecule has 0 saturated heterocycles. The molecule has 19 heavy (non-hydrogen) atoms. The Labute approximate surface area is 114 Å². The summed E-state index contributed by atoms with van der Waals surface area (Å²) in [6.07, 6.45) is 7.68. The average Bonchev–Trinajstić information content (AvgIpc) is 2.86. The molecule has 0 fully saturated rings. The first-order chi connectivity index (χ1) is 9.27. The summed E-state index contributed by atoms with van der Waals surface area (Å²) in [6.45, 7) is 5.28. The maximum absolute atomic E-state index is 4.22. The Morgan fingerprint density at radius 1 is 1.32 bits per heavy atom. The smallest absolute Gasteiger partial charge is 0.0798 e. The number of hydrogen-bond donors (Lipinski definition) is 1. The molecule has 0 aromatic carbocycles. The van der Waals surface area contributed by atoms with Crippen molar-refractivity contribution < 1.29 is 0 Å². The van der Waals surface area contributed by atoms with Gasteiger partial charge >= 0.3 is 0 Å². The van der Waals surface area contributed by atoms with Gasteiger partial charge in [0, 0.05) is 19.4 Å². The van der Waals surface area contributed by atoms with Gasteiger partial charge in [-0.25, -0.2) is 0 Å². The Balaban J connectivity index is 2.40. The normalized spacial score (nSPS) is 12.6. The molecule has 2 heterocycles. The van der Waals surface area contributed by atoms with Gasteiger partial charge in [0.25, 0.3) is 0 Å². The Bertz CT molecular complexity index is 520. The maximum Gasteiger partial charge on any atom is 0.0798 e. The third-order valence-electron chi connectivity index (χ3n) is 3.28. The largest absolute Gasteiger partial charge is 0.305 e. The molecule has 1 N–H and O–H groups in total. The van der Waals surface area contributed by atoms with Crippen molar-refractivity contribution in [3.63, 3.8) is 0 Å². The number of aryl methyl sites for hydroxylation is 2. The van der Waals surface area contributed by atoms with Crippen LogP contribution in [-0.2, 0) is 13.5 Å². The van der Waals surface area contributed by atoms with Gasteiger partial charge in [-0.1, -0.05) is 19.1 Å². The van der Waals surface area contributed by atoms with Crippen molar-refractivity contribution in [2.75, 3.05) is 6.54 Å². The molecule has 1 unspecified atom stereocenters. The van der Waals surface area contributed by atoms with Gasteiger partial charge in [-0.05, 0) is 36.6 Å². The van der Waals surface area contributed by atoms with Crippen molar-refractivity contribution in [3.8, 4) is 0 Å². The average molecular weight is 259 g/mol. The summed E-state index contributed by atoms with van der Waals surface area (Å²) in [5.41, 5.74) is 3.60. The second-order valence-corrected chi connectivity index (χ2v) is 4.60. The van der Waals surface area contributed by atoms with Gasteiger partial charge in [-0.15, -0.1) is 5.10 Å². The Morgan fingerprint density at radius 3 is 2.79 bits per heavy atom. The SMILES string of the molecule is CCCNC(c1ccncc1CC)c1cnnn1C. The molecule has 1 atom stereocenters. The van der Waals surface area contributed by atoms with Gasteiger partial charge in [0.15, 0.2) is 0 Å². The number of nitrogens with zero attached hydrogens (tertiary/aromatic N) is 4. The Hall–Kier alpha value is -1.75. The Kier molecular flexibility index (Phi) is 4.63. The van der Waals surface area contributed by atoms with Crippen LogP contribution in [0.3, 0.4) is 0 Å². The molecule has 0 aliphatic heterocycles. The van der Waals surface area contributed by atoms with E-state index < -0.39 is 0 Å². The minimum atomic E-state index is 0.123. The zero-order valence-electron chi connectivity index (χ0n) is 11.8. The van der Waals surface area contributed by atoms with Crippen LogP contribution in [0.15, 0.2) is 24.7 Å². The molecule has 0 aliphatic rings.